The van der Waals surface area contributed by atoms with Crippen molar-refractivity contribution in [3.63, 3.8) is 0 Å². The number of carbonyl (C=O) groups is 1. The third-order valence-electron chi connectivity index (χ3n) is 2.54. The van der Waals surface area contributed by atoms with Crippen molar-refractivity contribution < 1.29 is 9.53 Å². The number of amides is 1. The third kappa shape index (κ3) is 3.30. The van der Waals surface area contributed by atoms with Gasteiger partial charge in [0, 0.05) is 13.6 Å². The molecule has 17 heavy (non-hydrogen) atoms. The molecule has 0 fully saturated rings. The van der Waals surface area contributed by atoms with Gasteiger partial charge in [0.2, 0.25) is 11.8 Å². The lowest BCUT2D eigenvalue weighted by atomic mass is 10.3. The molecule has 0 radical (unpaired) electrons. The number of nitrogens with one attached hydrogen (secondary N) is 1. The van der Waals surface area contributed by atoms with Gasteiger partial charge in [0.25, 0.3) is 0 Å². The van der Waals surface area contributed by atoms with E-state index in [1.54, 1.807) is 19.1 Å². The number of anilines is 1. The van der Waals surface area contributed by atoms with Crippen LogP contribution in [-0.4, -0.2) is 48.0 Å². The molecule has 1 amide bonds. The molecule has 0 unspecified atom stereocenters. The summed E-state index contributed by atoms with van der Waals surface area (Å²) >= 11 is 0. The van der Waals surface area contributed by atoms with Crippen molar-refractivity contribution in [2.45, 2.75) is 13.8 Å². The quantitative estimate of drug-likeness (QED) is 0.817. The van der Waals surface area contributed by atoms with Crippen LogP contribution in [-0.2, 0) is 4.79 Å². The van der Waals surface area contributed by atoms with Gasteiger partial charge < -0.3 is 15.0 Å². The Morgan fingerprint density at radius 2 is 2.24 bits per heavy atom. The molecule has 1 aromatic rings. The Labute approximate surface area is 101 Å². The molecule has 94 valence electrons. The van der Waals surface area contributed by atoms with Gasteiger partial charge in [0.05, 0.1) is 19.2 Å². The zero-order valence-corrected chi connectivity index (χ0v) is 10.6. The van der Waals surface area contributed by atoms with E-state index >= 15 is 0 Å². The minimum atomic E-state index is 0.0180. The predicted octanol–water partition coefficient (Wildman–Crippen LogP) is 0.684. The number of carbonyl (C=O) groups excluding carboxylic acids is 1. The summed E-state index contributed by atoms with van der Waals surface area (Å²) in [5, 5.41) is 2.98. The molecule has 0 aromatic carbocycles. The SMILES string of the molecule is CCN(C)C(=O)CNc1ncnc(OC)c1C. The first-order chi connectivity index (χ1) is 8.10. The highest BCUT2D eigenvalue weighted by atomic mass is 16.5. The fourth-order valence-corrected chi connectivity index (χ4v) is 1.29. The average molecular weight is 238 g/mol. The summed E-state index contributed by atoms with van der Waals surface area (Å²) in [6.45, 7) is 4.67. The Hall–Kier alpha value is -1.85. The van der Waals surface area contributed by atoms with Crippen LogP contribution in [0.25, 0.3) is 0 Å². The first-order valence-electron chi connectivity index (χ1n) is 5.43. The predicted molar refractivity (Wildman–Crippen MR) is 65.1 cm³/mol. The molecule has 1 heterocycles. The number of rotatable bonds is 5. The molecular formula is C11H18N4O2. The summed E-state index contributed by atoms with van der Waals surface area (Å²) in [6.07, 6.45) is 1.40. The zero-order valence-electron chi connectivity index (χ0n) is 10.6. The molecule has 0 aliphatic rings. The van der Waals surface area contributed by atoms with Crippen molar-refractivity contribution in [3.8, 4) is 5.88 Å². The van der Waals surface area contributed by atoms with Crippen molar-refractivity contribution in [2.75, 3.05) is 32.6 Å². The first kappa shape index (κ1) is 13.2. The molecule has 1 rings (SSSR count). The second kappa shape index (κ2) is 6.03. The van der Waals surface area contributed by atoms with Gasteiger partial charge in [-0.05, 0) is 13.8 Å². The monoisotopic (exact) mass is 238 g/mol. The van der Waals surface area contributed by atoms with E-state index in [0.717, 1.165) is 5.56 Å². The van der Waals surface area contributed by atoms with Crippen molar-refractivity contribution in [3.05, 3.63) is 11.9 Å². The number of methoxy groups -OCH3 is 1. The normalized spacial score (nSPS) is 9.88. The molecule has 0 atom stereocenters. The molecule has 1 N–H and O–H groups in total. The minimum Gasteiger partial charge on any atom is -0.481 e. The minimum absolute atomic E-state index is 0.0180. The average Bonchev–Trinajstić information content (AvgIpc) is 2.36. The van der Waals surface area contributed by atoms with Gasteiger partial charge in [-0.2, -0.15) is 0 Å². The highest BCUT2D eigenvalue weighted by Gasteiger charge is 2.10. The fraction of sp³-hybridized carbons (Fsp3) is 0.545. The summed E-state index contributed by atoms with van der Waals surface area (Å²) in [5.41, 5.74) is 0.793. The van der Waals surface area contributed by atoms with E-state index in [9.17, 15) is 4.79 Å². The van der Waals surface area contributed by atoms with Crippen LogP contribution in [0.3, 0.4) is 0 Å². The van der Waals surface area contributed by atoms with E-state index in [-0.39, 0.29) is 12.5 Å². The number of ether oxygens (including phenoxy) is 1. The Morgan fingerprint density at radius 1 is 1.53 bits per heavy atom. The van der Waals surface area contributed by atoms with Crippen LogP contribution in [0.2, 0.25) is 0 Å². The van der Waals surface area contributed by atoms with E-state index in [0.29, 0.717) is 18.2 Å². The van der Waals surface area contributed by atoms with Gasteiger partial charge in [-0.3, -0.25) is 4.79 Å². The third-order valence-corrected chi connectivity index (χ3v) is 2.54. The number of hydrogen-bond acceptors (Lipinski definition) is 5. The summed E-state index contributed by atoms with van der Waals surface area (Å²) in [6, 6.07) is 0. The maximum atomic E-state index is 11.6. The summed E-state index contributed by atoms with van der Waals surface area (Å²) in [5.74, 6) is 1.15. The van der Waals surface area contributed by atoms with Crippen molar-refractivity contribution in [1.82, 2.24) is 14.9 Å². The molecule has 0 bridgehead atoms. The molecule has 0 aliphatic heterocycles. The number of likely N-dealkylation sites (N-methyl/N-ethyl adjacent to an activating group) is 1. The van der Waals surface area contributed by atoms with Gasteiger partial charge >= 0.3 is 0 Å². The second-order valence-corrected chi connectivity index (χ2v) is 3.62. The fourth-order valence-electron chi connectivity index (χ4n) is 1.29. The summed E-state index contributed by atoms with van der Waals surface area (Å²) in [4.78, 5) is 21.3. The van der Waals surface area contributed by atoms with E-state index in [4.69, 9.17) is 4.74 Å². The van der Waals surface area contributed by atoms with E-state index < -0.39 is 0 Å². The Bertz CT molecular complexity index is 395. The first-order valence-corrected chi connectivity index (χ1v) is 5.43. The largest absolute Gasteiger partial charge is 0.481 e. The Kier molecular flexibility index (Phi) is 4.68. The maximum absolute atomic E-state index is 11.6. The van der Waals surface area contributed by atoms with Gasteiger partial charge in [-0.1, -0.05) is 0 Å². The van der Waals surface area contributed by atoms with E-state index in [1.165, 1.54) is 6.33 Å². The molecule has 1 aromatic heterocycles. The lowest BCUT2D eigenvalue weighted by Gasteiger charge is -2.15. The van der Waals surface area contributed by atoms with Gasteiger partial charge in [0.1, 0.15) is 12.1 Å². The van der Waals surface area contributed by atoms with Crippen LogP contribution in [0.5, 0.6) is 5.88 Å². The van der Waals surface area contributed by atoms with Crippen LogP contribution < -0.4 is 10.1 Å². The van der Waals surface area contributed by atoms with Crippen LogP contribution >= 0.6 is 0 Å². The number of aromatic nitrogens is 2. The highest BCUT2D eigenvalue weighted by molar-refractivity contribution is 5.80. The Balaban J connectivity index is 2.67. The summed E-state index contributed by atoms with van der Waals surface area (Å²) < 4.78 is 5.07. The van der Waals surface area contributed by atoms with Crippen molar-refractivity contribution >= 4 is 11.7 Å². The van der Waals surface area contributed by atoms with Crippen molar-refractivity contribution in [2.24, 2.45) is 0 Å². The lowest BCUT2D eigenvalue weighted by Crippen LogP contribution is -2.32. The number of hydrogen-bond donors (Lipinski definition) is 1. The smallest absolute Gasteiger partial charge is 0.241 e. The summed E-state index contributed by atoms with van der Waals surface area (Å²) in [7, 11) is 3.31. The molecule has 0 saturated heterocycles. The highest BCUT2D eigenvalue weighted by Crippen LogP contribution is 2.19. The van der Waals surface area contributed by atoms with Crippen molar-refractivity contribution in [1.29, 1.82) is 0 Å². The molecule has 6 heteroatoms. The molecule has 0 aliphatic carbocycles. The van der Waals surface area contributed by atoms with Gasteiger partial charge in [-0.25, -0.2) is 9.97 Å². The molecular weight excluding hydrogens is 220 g/mol. The Morgan fingerprint density at radius 3 is 2.82 bits per heavy atom. The lowest BCUT2D eigenvalue weighted by molar-refractivity contribution is -0.127. The van der Waals surface area contributed by atoms with Crippen LogP contribution in [0.4, 0.5) is 5.82 Å². The second-order valence-electron chi connectivity index (χ2n) is 3.62. The molecule has 6 nitrogen and oxygen atoms in total. The maximum Gasteiger partial charge on any atom is 0.241 e. The standard InChI is InChI=1S/C11H18N4O2/c1-5-15(3)9(16)6-12-10-8(2)11(17-4)14-7-13-10/h7H,5-6H2,1-4H3,(H,12,13,14). The van der Waals surface area contributed by atoms with Gasteiger partial charge in [0.15, 0.2) is 0 Å². The van der Waals surface area contributed by atoms with E-state index in [2.05, 4.69) is 15.3 Å². The molecule has 0 spiro atoms. The van der Waals surface area contributed by atoms with Crippen LogP contribution in [0.15, 0.2) is 6.33 Å². The topological polar surface area (TPSA) is 67.4 Å². The van der Waals surface area contributed by atoms with Crippen LogP contribution in [0.1, 0.15) is 12.5 Å². The van der Waals surface area contributed by atoms with Gasteiger partial charge in [-0.15, -0.1) is 0 Å². The molecule has 0 saturated carbocycles. The number of nitrogens with zero attached hydrogens (tertiary/aromatic N) is 3. The van der Waals surface area contributed by atoms with Crippen LogP contribution in [0, 0.1) is 6.92 Å². The zero-order chi connectivity index (χ0) is 12.8. The van der Waals surface area contributed by atoms with E-state index in [1.807, 2.05) is 13.8 Å².